The van der Waals surface area contributed by atoms with Gasteiger partial charge in [0.15, 0.2) is 0 Å². The van der Waals surface area contributed by atoms with Crippen LogP contribution in [-0.2, 0) is 6.54 Å². The van der Waals surface area contributed by atoms with E-state index < -0.39 is 12.6 Å². The van der Waals surface area contributed by atoms with Crippen LogP contribution in [0.1, 0.15) is 56.7 Å². The summed E-state index contributed by atoms with van der Waals surface area (Å²) in [6, 6.07) is 2.45. The van der Waals surface area contributed by atoms with Crippen LogP contribution >= 0.6 is 0 Å². The molecule has 0 aliphatic heterocycles. The van der Waals surface area contributed by atoms with Gasteiger partial charge in [-0.15, -0.1) is 0 Å². The van der Waals surface area contributed by atoms with Crippen LogP contribution in [0.15, 0.2) is 12.3 Å². The number of aromatic nitrogens is 2. The minimum atomic E-state index is -4.05. The second-order valence-electron chi connectivity index (χ2n) is 5.47. The van der Waals surface area contributed by atoms with Gasteiger partial charge in [-0.3, -0.25) is 4.68 Å². The molecule has 3 nitrogen and oxygen atoms in total. The van der Waals surface area contributed by atoms with Gasteiger partial charge < -0.3 is 5.32 Å². The fourth-order valence-electron chi connectivity index (χ4n) is 2.65. The van der Waals surface area contributed by atoms with Gasteiger partial charge >= 0.3 is 6.18 Å². The Hall–Kier alpha value is -1.04. The van der Waals surface area contributed by atoms with E-state index in [0.29, 0.717) is 19.1 Å². The third-order valence-corrected chi connectivity index (χ3v) is 3.73. The first-order chi connectivity index (χ1) is 9.54. The maximum atomic E-state index is 12.0. The molecule has 0 amide bonds. The molecule has 0 atom stereocenters. The molecule has 1 aliphatic rings. The van der Waals surface area contributed by atoms with Gasteiger partial charge in [-0.1, -0.05) is 19.3 Å². The molecule has 1 heterocycles. The number of alkyl halides is 3. The number of hydrogen-bond acceptors (Lipinski definition) is 2. The van der Waals surface area contributed by atoms with Gasteiger partial charge in [0.25, 0.3) is 0 Å². The minimum absolute atomic E-state index is 0.118. The summed E-state index contributed by atoms with van der Waals surface area (Å²) in [6.07, 6.45) is 3.52. The first kappa shape index (κ1) is 15.4. The summed E-state index contributed by atoms with van der Waals surface area (Å²) >= 11 is 0. The quantitative estimate of drug-likeness (QED) is 0.807. The van der Waals surface area contributed by atoms with E-state index in [4.69, 9.17) is 0 Å². The molecule has 0 spiro atoms. The SMILES string of the molecule is FC(F)(F)CCCNCc1ccn(C2CCCCC2)n1. The van der Waals surface area contributed by atoms with Crippen molar-refractivity contribution in [1.29, 1.82) is 0 Å². The van der Waals surface area contributed by atoms with Gasteiger partial charge in [0, 0.05) is 19.2 Å². The predicted octanol–water partition coefficient (Wildman–Crippen LogP) is 3.82. The topological polar surface area (TPSA) is 29.9 Å². The maximum Gasteiger partial charge on any atom is 0.389 e. The molecule has 0 radical (unpaired) electrons. The highest BCUT2D eigenvalue weighted by atomic mass is 19.4. The van der Waals surface area contributed by atoms with Crippen molar-refractivity contribution in [2.45, 2.75) is 63.7 Å². The number of hydrogen-bond donors (Lipinski definition) is 1. The number of nitrogens with one attached hydrogen (secondary N) is 1. The van der Waals surface area contributed by atoms with Crippen molar-refractivity contribution in [3.05, 3.63) is 18.0 Å². The summed E-state index contributed by atoms with van der Waals surface area (Å²) in [5.41, 5.74) is 0.905. The van der Waals surface area contributed by atoms with E-state index in [1.54, 1.807) is 0 Å². The molecule has 20 heavy (non-hydrogen) atoms. The smallest absolute Gasteiger partial charge is 0.311 e. The van der Waals surface area contributed by atoms with E-state index >= 15 is 0 Å². The monoisotopic (exact) mass is 289 g/mol. The standard InChI is InChI=1S/C14H22F3N3/c15-14(16,17)8-4-9-18-11-12-7-10-20(19-12)13-5-2-1-3-6-13/h7,10,13,18H,1-6,8-9,11H2. The normalized spacial score (nSPS) is 17.6. The second-order valence-corrected chi connectivity index (χ2v) is 5.47. The maximum absolute atomic E-state index is 12.0. The Morgan fingerprint density at radius 2 is 2.00 bits per heavy atom. The van der Waals surface area contributed by atoms with Crippen LogP contribution in [0.2, 0.25) is 0 Å². The van der Waals surface area contributed by atoms with Crippen molar-refractivity contribution < 1.29 is 13.2 Å². The highest BCUT2D eigenvalue weighted by molar-refractivity contribution is 4.99. The van der Waals surface area contributed by atoms with Gasteiger partial charge in [-0.05, 0) is 31.9 Å². The average molecular weight is 289 g/mol. The van der Waals surface area contributed by atoms with Crippen LogP contribution in [0.25, 0.3) is 0 Å². The molecule has 0 aromatic carbocycles. The Labute approximate surface area is 117 Å². The zero-order chi connectivity index (χ0) is 14.4. The van der Waals surface area contributed by atoms with Crippen molar-refractivity contribution in [3.63, 3.8) is 0 Å². The van der Waals surface area contributed by atoms with Crippen molar-refractivity contribution in [3.8, 4) is 0 Å². The lowest BCUT2D eigenvalue weighted by Gasteiger charge is -2.21. The molecule has 1 fully saturated rings. The van der Waals surface area contributed by atoms with Gasteiger partial charge in [-0.25, -0.2) is 0 Å². The first-order valence-electron chi connectivity index (χ1n) is 7.36. The van der Waals surface area contributed by atoms with Gasteiger partial charge in [0.1, 0.15) is 0 Å². The average Bonchev–Trinajstić information content (AvgIpc) is 2.87. The van der Waals surface area contributed by atoms with Crippen molar-refractivity contribution >= 4 is 0 Å². The van der Waals surface area contributed by atoms with Crippen molar-refractivity contribution in [1.82, 2.24) is 15.1 Å². The molecule has 0 bridgehead atoms. The first-order valence-corrected chi connectivity index (χ1v) is 7.36. The lowest BCUT2D eigenvalue weighted by molar-refractivity contribution is -0.135. The molecular weight excluding hydrogens is 267 g/mol. The lowest BCUT2D eigenvalue weighted by Crippen LogP contribution is -2.19. The summed E-state index contributed by atoms with van der Waals surface area (Å²) in [6.45, 7) is 0.910. The minimum Gasteiger partial charge on any atom is -0.311 e. The van der Waals surface area contributed by atoms with E-state index in [1.807, 2.05) is 16.9 Å². The molecule has 0 saturated heterocycles. The van der Waals surface area contributed by atoms with Crippen LogP contribution in [-0.4, -0.2) is 22.5 Å². The lowest BCUT2D eigenvalue weighted by atomic mass is 9.96. The summed E-state index contributed by atoms with van der Waals surface area (Å²) in [7, 11) is 0. The molecule has 1 saturated carbocycles. The predicted molar refractivity (Wildman–Crippen MR) is 71.3 cm³/mol. The Kier molecular flexibility index (Phi) is 5.46. The second kappa shape index (κ2) is 7.11. The molecule has 114 valence electrons. The van der Waals surface area contributed by atoms with Crippen LogP contribution in [0.4, 0.5) is 13.2 Å². The molecule has 1 aromatic heterocycles. The zero-order valence-corrected chi connectivity index (χ0v) is 11.6. The highest BCUT2D eigenvalue weighted by Crippen LogP contribution is 2.27. The summed E-state index contributed by atoms with van der Waals surface area (Å²) < 4.78 is 37.9. The molecule has 0 unspecified atom stereocenters. The Morgan fingerprint density at radius 1 is 1.25 bits per heavy atom. The number of halogens is 3. The molecule has 2 rings (SSSR count). The molecule has 1 N–H and O–H groups in total. The van der Waals surface area contributed by atoms with Crippen LogP contribution in [0, 0.1) is 0 Å². The Morgan fingerprint density at radius 3 is 2.70 bits per heavy atom. The van der Waals surface area contributed by atoms with E-state index in [9.17, 15) is 13.2 Å². The van der Waals surface area contributed by atoms with Gasteiger partial charge in [0.2, 0.25) is 0 Å². The summed E-state index contributed by atoms with van der Waals surface area (Å²) in [5.74, 6) is 0. The fraction of sp³-hybridized carbons (Fsp3) is 0.786. The van der Waals surface area contributed by atoms with E-state index in [2.05, 4.69) is 10.4 Å². The van der Waals surface area contributed by atoms with E-state index in [-0.39, 0.29) is 6.42 Å². The fourth-order valence-corrected chi connectivity index (χ4v) is 2.65. The Balaban J connectivity index is 1.67. The van der Waals surface area contributed by atoms with Gasteiger partial charge in [0.05, 0.1) is 11.7 Å². The summed E-state index contributed by atoms with van der Waals surface area (Å²) in [5, 5.41) is 7.53. The van der Waals surface area contributed by atoms with Crippen molar-refractivity contribution in [2.24, 2.45) is 0 Å². The third-order valence-electron chi connectivity index (χ3n) is 3.73. The van der Waals surface area contributed by atoms with Gasteiger partial charge in [-0.2, -0.15) is 18.3 Å². The molecule has 1 aromatic rings. The van der Waals surface area contributed by atoms with Crippen LogP contribution in [0.5, 0.6) is 0 Å². The Bertz CT molecular complexity index is 395. The molecular formula is C14H22F3N3. The third kappa shape index (κ3) is 5.15. The summed E-state index contributed by atoms with van der Waals surface area (Å²) in [4.78, 5) is 0. The van der Waals surface area contributed by atoms with Crippen LogP contribution < -0.4 is 5.32 Å². The molecule has 1 aliphatic carbocycles. The van der Waals surface area contributed by atoms with E-state index in [0.717, 1.165) is 5.69 Å². The van der Waals surface area contributed by atoms with Crippen LogP contribution in [0.3, 0.4) is 0 Å². The highest BCUT2D eigenvalue weighted by Gasteiger charge is 2.25. The zero-order valence-electron chi connectivity index (χ0n) is 11.6. The number of rotatable bonds is 6. The van der Waals surface area contributed by atoms with Crippen molar-refractivity contribution in [2.75, 3.05) is 6.54 Å². The van der Waals surface area contributed by atoms with E-state index in [1.165, 1.54) is 32.1 Å². The molecule has 6 heteroatoms. The largest absolute Gasteiger partial charge is 0.389 e. The number of nitrogens with zero attached hydrogens (tertiary/aromatic N) is 2.